The van der Waals surface area contributed by atoms with Crippen molar-refractivity contribution in [3.8, 4) is 11.1 Å². The van der Waals surface area contributed by atoms with Crippen LogP contribution in [-0.4, -0.2) is 11.0 Å². The van der Waals surface area contributed by atoms with Crippen LogP contribution in [0.2, 0.25) is 10.0 Å². The van der Waals surface area contributed by atoms with Gasteiger partial charge in [0.2, 0.25) is 0 Å². The van der Waals surface area contributed by atoms with Gasteiger partial charge in [0.25, 0.3) is 0 Å². The summed E-state index contributed by atoms with van der Waals surface area (Å²) in [5.74, 6) is 0.118. The molecule has 3 aromatic rings. The summed E-state index contributed by atoms with van der Waals surface area (Å²) in [6.07, 6.45) is 1.25. The highest BCUT2D eigenvalue weighted by molar-refractivity contribution is 6.31. The fourth-order valence-corrected chi connectivity index (χ4v) is 4.20. The first-order valence-electron chi connectivity index (χ1n) is 8.43. The molecular formula is C22H17Cl3O. The molecular weight excluding hydrogens is 387 g/mol. The van der Waals surface area contributed by atoms with Gasteiger partial charge in [0.15, 0.2) is 0 Å². The Bertz CT molecular complexity index is 966. The normalized spacial score (nSPS) is 14.6. The van der Waals surface area contributed by atoms with Crippen LogP contribution in [0.1, 0.15) is 22.3 Å². The Hall–Kier alpha value is -1.51. The molecule has 0 amide bonds. The van der Waals surface area contributed by atoms with Crippen molar-refractivity contribution in [1.29, 1.82) is 0 Å². The molecule has 3 aromatic carbocycles. The van der Waals surface area contributed by atoms with Crippen LogP contribution in [0, 0.1) is 0 Å². The lowest BCUT2D eigenvalue weighted by molar-refractivity contribution is 0.0614. The molecule has 1 nitrogen and oxygen atoms in total. The van der Waals surface area contributed by atoms with Crippen molar-refractivity contribution in [3.63, 3.8) is 0 Å². The first kappa shape index (κ1) is 17.9. The average molecular weight is 404 g/mol. The number of aliphatic hydroxyl groups is 1. The summed E-state index contributed by atoms with van der Waals surface area (Å²) in [6, 6.07) is 19.6. The Morgan fingerprint density at radius 2 is 1.42 bits per heavy atom. The molecule has 0 aromatic heterocycles. The van der Waals surface area contributed by atoms with Gasteiger partial charge >= 0.3 is 0 Å². The molecule has 0 heterocycles. The summed E-state index contributed by atoms with van der Waals surface area (Å²) < 4.78 is 0. The molecule has 4 heteroatoms. The van der Waals surface area contributed by atoms with Crippen LogP contribution in [0.25, 0.3) is 11.1 Å². The quantitative estimate of drug-likeness (QED) is 0.400. The number of rotatable bonds is 4. The maximum Gasteiger partial charge on any atom is 0.107 e. The van der Waals surface area contributed by atoms with Crippen molar-refractivity contribution in [1.82, 2.24) is 0 Å². The van der Waals surface area contributed by atoms with Crippen LogP contribution in [0.4, 0.5) is 0 Å². The van der Waals surface area contributed by atoms with Gasteiger partial charge in [-0.3, -0.25) is 0 Å². The fourth-order valence-electron chi connectivity index (χ4n) is 3.64. The lowest BCUT2D eigenvalue weighted by Gasteiger charge is -2.27. The number of alkyl halides is 1. The van der Waals surface area contributed by atoms with Crippen LogP contribution in [0.15, 0.2) is 60.7 Å². The van der Waals surface area contributed by atoms with E-state index in [0.29, 0.717) is 11.4 Å². The largest absolute Gasteiger partial charge is 0.384 e. The van der Waals surface area contributed by atoms with Crippen molar-refractivity contribution in [3.05, 3.63) is 93.0 Å². The van der Waals surface area contributed by atoms with E-state index in [4.69, 9.17) is 34.8 Å². The zero-order valence-electron chi connectivity index (χ0n) is 14.0. The zero-order valence-corrected chi connectivity index (χ0v) is 16.2. The Morgan fingerprint density at radius 1 is 0.808 bits per heavy atom. The number of halogens is 3. The molecule has 0 spiro atoms. The molecule has 26 heavy (non-hydrogen) atoms. The van der Waals surface area contributed by atoms with E-state index in [0.717, 1.165) is 22.6 Å². The molecule has 1 unspecified atom stereocenters. The standard InChI is InChI=1S/C22H17Cl3O/c23-13-22(26,12-14-1-4-18(24)5-2-14)17-3-7-20-15(10-17)9-16-11-19(25)6-8-21(16)20/h1-8,10-11,26H,9,12-13H2. The molecule has 1 aliphatic carbocycles. The van der Waals surface area contributed by atoms with E-state index in [-0.39, 0.29) is 5.88 Å². The molecule has 0 saturated heterocycles. The molecule has 0 aliphatic heterocycles. The first-order chi connectivity index (χ1) is 12.5. The van der Waals surface area contributed by atoms with E-state index in [1.165, 1.54) is 22.3 Å². The van der Waals surface area contributed by atoms with Gasteiger partial charge in [-0.25, -0.2) is 0 Å². The lowest BCUT2D eigenvalue weighted by Crippen LogP contribution is -2.30. The molecule has 0 fully saturated rings. The molecule has 0 bridgehead atoms. The minimum atomic E-state index is -1.13. The summed E-state index contributed by atoms with van der Waals surface area (Å²) in [6.45, 7) is 0. The van der Waals surface area contributed by atoms with E-state index in [2.05, 4.69) is 18.2 Å². The van der Waals surface area contributed by atoms with E-state index in [1.54, 1.807) is 0 Å². The molecule has 0 saturated carbocycles. The van der Waals surface area contributed by atoms with E-state index >= 15 is 0 Å². The molecule has 1 N–H and O–H groups in total. The Labute approximate surface area is 168 Å². The second-order valence-electron chi connectivity index (χ2n) is 6.82. The summed E-state index contributed by atoms with van der Waals surface area (Å²) in [7, 11) is 0. The van der Waals surface area contributed by atoms with Crippen molar-refractivity contribution >= 4 is 34.8 Å². The third-order valence-corrected chi connectivity index (χ3v) is 5.94. The van der Waals surface area contributed by atoms with Crippen molar-refractivity contribution in [2.75, 3.05) is 5.88 Å². The van der Waals surface area contributed by atoms with Gasteiger partial charge in [0.1, 0.15) is 5.60 Å². The third-order valence-electron chi connectivity index (χ3n) is 5.01. The summed E-state index contributed by atoms with van der Waals surface area (Å²) in [5.41, 5.74) is 5.52. The van der Waals surface area contributed by atoms with Crippen LogP contribution >= 0.6 is 34.8 Å². The average Bonchev–Trinajstić information content (AvgIpc) is 3.00. The fraction of sp³-hybridized carbons (Fsp3) is 0.182. The highest BCUT2D eigenvalue weighted by atomic mass is 35.5. The van der Waals surface area contributed by atoms with Gasteiger partial charge in [-0.05, 0) is 64.1 Å². The maximum atomic E-state index is 11.2. The molecule has 1 atom stereocenters. The van der Waals surface area contributed by atoms with E-state index in [9.17, 15) is 5.11 Å². The first-order valence-corrected chi connectivity index (χ1v) is 9.72. The van der Waals surface area contributed by atoms with Crippen LogP contribution in [-0.2, 0) is 18.4 Å². The lowest BCUT2D eigenvalue weighted by atomic mass is 9.87. The molecule has 132 valence electrons. The van der Waals surface area contributed by atoms with Gasteiger partial charge in [0, 0.05) is 16.5 Å². The van der Waals surface area contributed by atoms with E-state index < -0.39 is 5.60 Å². The number of benzene rings is 3. The topological polar surface area (TPSA) is 20.2 Å². The zero-order chi connectivity index (χ0) is 18.3. The van der Waals surface area contributed by atoms with Gasteiger partial charge in [-0.1, -0.05) is 59.6 Å². The highest BCUT2D eigenvalue weighted by Crippen LogP contribution is 2.40. The summed E-state index contributed by atoms with van der Waals surface area (Å²) >= 11 is 18.3. The smallest absolute Gasteiger partial charge is 0.107 e. The van der Waals surface area contributed by atoms with Crippen molar-refractivity contribution in [2.45, 2.75) is 18.4 Å². The van der Waals surface area contributed by atoms with Crippen LogP contribution in [0.3, 0.4) is 0 Å². The molecule has 1 aliphatic rings. The second kappa shape index (κ2) is 6.90. The predicted octanol–water partition coefficient (Wildman–Crippen LogP) is 6.23. The summed E-state index contributed by atoms with van der Waals surface area (Å²) in [5, 5.41) is 12.6. The third kappa shape index (κ3) is 3.25. The summed E-state index contributed by atoms with van der Waals surface area (Å²) in [4.78, 5) is 0. The predicted molar refractivity (Wildman–Crippen MR) is 109 cm³/mol. The van der Waals surface area contributed by atoms with Crippen LogP contribution < -0.4 is 0 Å². The van der Waals surface area contributed by atoms with Gasteiger partial charge in [0.05, 0.1) is 5.88 Å². The van der Waals surface area contributed by atoms with Gasteiger partial charge in [-0.2, -0.15) is 0 Å². The Balaban J connectivity index is 1.68. The van der Waals surface area contributed by atoms with E-state index in [1.807, 2.05) is 42.5 Å². The number of fused-ring (bicyclic) bond motifs is 3. The second-order valence-corrected chi connectivity index (χ2v) is 7.96. The molecule has 0 radical (unpaired) electrons. The minimum absolute atomic E-state index is 0.118. The number of hydrogen-bond donors (Lipinski definition) is 1. The molecule has 4 rings (SSSR count). The number of hydrogen-bond acceptors (Lipinski definition) is 1. The monoisotopic (exact) mass is 402 g/mol. The van der Waals surface area contributed by atoms with Crippen LogP contribution in [0.5, 0.6) is 0 Å². The van der Waals surface area contributed by atoms with Gasteiger partial charge in [-0.15, -0.1) is 11.6 Å². The van der Waals surface area contributed by atoms with Crippen molar-refractivity contribution in [2.24, 2.45) is 0 Å². The minimum Gasteiger partial charge on any atom is -0.384 e. The SMILES string of the molecule is OC(CCl)(Cc1ccc(Cl)cc1)c1ccc2c(c1)Cc1cc(Cl)ccc1-2. The van der Waals surface area contributed by atoms with Crippen molar-refractivity contribution < 1.29 is 5.11 Å². The van der Waals surface area contributed by atoms with Gasteiger partial charge < -0.3 is 5.11 Å². The Kier molecular flexibility index (Phi) is 4.75. The maximum absolute atomic E-state index is 11.2. The Morgan fingerprint density at radius 3 is 2.12 bits per heavy atom. The highest BCUT2D eigenvalue weighted by Gasteiger charge is 2.30.